The van der Waals surface area contributed by atoms with E-state index in [-0.39, 0.29) is 16.7 Å². The summed E-state index contributed by atoms with van der Waals surface area (Å²) >= 11 is 0. The molecule has 2 rings (SSSR count). The van der Waals surface area contributed by atoms with Gasteiger partial charge in [-0.2, -0.15) is 0 Å². The second kappa shape index (κ2) is 7.38. The molecule has 1 aromatic heterocycles. The van der Waals surface area contributed by atoms with Crippen molar-refractivity contribution in [2.24, 2.45) is 5.14 Å². The molecule has 0 saturated carbocycles. The van der Waals surface area contributed by atoms with Gasteiger partial charge in [0.2, 0.25) is 15.8 Å². The van der Waals surface area contributed by atoms with Gasteiger partial charge in [0.1, 0.15) is 5.76 Å². The summed E-state index contributed by atoms with van der Waals surface area (Å²) in [6, 6.07) is 8.24. The number of hydrogen-bond acceptors (Lipinski definition) is 6. The van der Waals surface area contributed by atoms with Crippen molar-refractivity contribution in [3.05, 3.63) is 53.0 Å². The lowest BCUT2D eigenvalue weighted by atomic mass is 10.1. The van der Waals surface area contributed by atoms with E-state index in [0.29, 0.717) is 12.3 Å². The first-order chi connectivity index (χ1) is 11.6. The van der Waals surface area contributed by atoms with Crippen LogP contribution < -0.4 is 5.14 Å². The fraction of sp³-hybridized carbons (Fsp3) is 0.353. The van der Waals surface area contributed by atoms with Crippen LogP contribution in [0.4, 0.5) is 0 Å². The summed E-state index contributed by atoms with van der Waals surface area (Å²) < 4.78 is 32.9. The van der Waals surface area contributed by atoms with Gasteiger partial charge in [0.25, 0.3) is 0 Å². The number of carbonyl (C=O) groups excluding carboxylic acids is 1. The van der Waals surface area contributed by atoms with E-state index in [4.69, 9.17) is 9.56 Å². The first-order valence-corrected chi connectivity index (χ1v) is 9.18. The van der Waals surface area contributed by atoms with E-state index in [1.165, 1.54) is 19.2 Å². The number of rotatable bonds is 6. The number of benzene rings is 1. The highest BCUT2D eigenvalue weighted by Crippen LogP contribution is 2.24. The number of nitrogens with two attached hydrogens (primary N) is 1. The van der Waals surface area contributed by atoms with Gasteiger partial charge in [-0.15, -0.1) is 0 Å². The summed E-state index contributed by atoms with van der Waals surface area (Å²) in [5, 5.41) is 5.11. The van der Waals surface area contributed by atoms with Crippen LogP contribution in [-0.4, -0.2) is 33.4 Å². The minimum atomic E-state index is -3.70. The molecule has 0 amide bonds. The first-order valence-electron chi connectivity index (χ1n) is 7.64. The third kappa shape index (κ3) is 4.47. The Hall–Kier alpha value is -2.16. The number of carbonyl (C=O) groups is 1. The zero-order chi connectivity index (χ0) is 18.8. The lowest BCUT2D eigenvalue weighted by Crippen LogP contribution is -2.22. The van der Waals surface area contributed by atoms with Crippen LogP contribution in [0.1, 0.15) is 40.4 Å². The molecule has 1 atom stereocenters. The Balaban J connectivity index is 2.12. The lowest BCUT2D eigenvalue weighted by Gasteiger charge is -2.24. The number of furan rings is 1. The molecule has 7 nitrogen and oxygen atoms in total. The average molecular weight is 366 g/mol. The van der Waals surface area contributed by atoms with Crippen LogP contribution in [0.15, 0.2) is 39.6 Å². The number of methoxy groups -OCH3 is 1. The predicted octanol–water partition coefficient (Wildman–Crippen LogP) is 2.22. The molecule has 0 aliphatic heterocycles. The summed E-state index contributed by atoms with van der Waals surface area (Å²) in [5.74, 6) is 0.350. The highest BCUT2D eigenvalue weighted by molar-refractivity contribution is 7.89. The molecule has 0 aliphatic carbocycles. The second-order valence-corrected chi connectivity index (χ2v) is 7.48. The minimum Gasteiger partial charge on any atom is -0.463 e. The van der Waals surface area contributed by atoms with Gasteiger partial charge in [-0.05, 0) is 44.7 Å². The molecule has 136 valence electrons. The fourth-order valence-corrected chi connectivity index (χ4v) is 3.01. The highest BCUT2D eigenvalue weighted by atomic mass is 32.2. The highest BCUT2D eigenvalue weighted by Gasteiger charge is 2.19. The molecule has 0 spiro atoms. The van der Waals surface area contributed by atoms with Gasteiger partial charge in [0.15, 0.2) is 0 Å². The second-order valence-electron chi connectivity index (χ2n) is 5.92. The van der Waals surface area contributed by atoms with E-state index in [2.05, 4.69) is 4.74 Å². The molecule has 1 aromatic carbocycles. The molecule has 0 aliphatic rings. The number of nitrogens with zero attached hydrogens (tertiary/aromatic N) is 1. The van der Waals surface area contributed by atoms with Crippen LogP contribution in [0.3, 0.4) is 0 Å². The van der Waals surface area contributed by atoms with Gasteiger partial charge in [0, 0.05) is 11.6 Å². The SMILES string of the molecule is COC(=O)c1oc(CN(C)[C@H](C)c2ccc(S(N)(=O)=O)cc2)cc1C. The van der Waals surface area contributed by atoms with Gasteiger partial charge in [-0.1, -0.05) is 12.1 Å². The van der Waals surface area contributed by atoms with Gasteiger partial charge in [-0.3, -0.25) is 4.90 Å². The van der Waals surface area contributed by atoms with Crippen LogP contribution in [-0.2, 0) is 21.3 Å². The predicted molar refractivity (Wildman–Crippen MR) is 92.5 cm³/mol. The summed E-state index contributed by atoms with van der Waals surface area (Å²) in [5.41, 5.74) is 1.66. The number of primary sulfonamides is 1. The maximum atomic E-state index is 11.6. The van der Waals surface area contributed by atoms with Crippen LogP contribution in [0, 0.1) is 6.92 Å². The van der Waals surface area contributed by atoms with Crippen molar-refractivity contribution in [1.29, 1.82) is 0 Å². The standard InChI is InChI=1S/C17H22N2O5S/c1-11-9-14(24-16(11)17(20)23-4)10-19(3)12(2)13-5-7-15(8-6-13)25(18,21)22/h5-9,12H,10H2,1-4H3,(H2,18,21,22)/t12-/m1/s1. The summed E-state index contributed by atoms with van der Waals surface area (Å²) in [4.78, 5) is 13.7. The Labute approximate surface area is 147 Å². The van der Waals surface area contributed by atoms with Crippen LogP contribution in [0.2, 0.25) is 0 Å². The van der Waals surface area contributed by atoms with Gasteiger partial charge in [-0.25, -0.2) is 18.4 Å². The van der Waals surface area contributed by atoms with Crippen molar-refractivity contribution in [3.63, 3.8) is 0 Å². The van der Waals surface area contributed by atoms with E-state index >= 15 is 0 Å². The minimum absolute atomic E-state index is 0.00140. The number of aryl methyl sites for hydroxylation is 1. The van der Waals surface area contributed by atoms with Crippen molar-refractivity contribution in [2.75, 3.05) is 14.2 Å². The Morgan fingerprint density at radius 1 is 1.32 bits per heavy atom. The Morgan fingerprint density at radius 3 is 2.44 bits per heavy atom. The fourth-order valence-electron chi connectivity index (χ4n) is 2.49. The quantitative estimate of drug-likeness (QED) is 0.786. The monoisotopic (exact) mass is 366 g/mol. The van der Waals surface area contributed by atoms with Crippen molar-refractivity contribution >= 4 is 16.0 Å². The van der Waals surface area contributed by atoms with Gasteiger partial charge < -0.3 is 9.15 Å². The van der Waals surface area contributed by atoms with Crippen molar-refractivity contribution in [1.82, 2.24) is 4.90 Å². The van der Waals surface area contributed by atoms with Crippen molar-refractivity contribution in [3.8, 4) is 0 Å². The summed E-state index contributed by atoms with van der Waals surface area (Å²) in [6.45, 7) is 4.26. The maximum absolute atomic E-state index is 11.6. The summed E-state index contributed by atoms with van der Waals surface area (Å²) in [6.07, 6.45) is 0. The molecule has 0 radical (unpaired) electrons. The van der Waals surface area contributed by atoms with E-state index in [9.17, 15) is 13.2 Å². The van der Waals surface area contributed by atoms with Crippen LogP contribution >= 0.6 is 0 Å². The number of ether oxygens (including phenoxy) is 1. The van der Waals surface area contributed by atoms with E-state index in [0.717, 1.165) is 11.1 Å². The Bertz CT molecular complexity index is 856. The lowest BCUT2D eigenvalue weighted by molar-refractivity contribution is 0.0559. The average Bonchev–Trinajstić information content (AvgIpc) is 2.93. The van der Waals surface area contributed by atoms with E-state index in [1.807, 2.05) is 18.9 Å². The van der Waals surface area contributed by atoms with E-state index in [1.54, 1.807) is 25.1 Å². The summed E-state index contributed by atoms with van der Waals surface area (Å²) in [7, 11) is -0.480. The molecule has 2 aromatic rings. The molecule has 0 bridgehead atoms. The maximum Gasteiger partial charge on any atom is 0.374 e. The Kier molecular flexibility index (Phi) is 5.66. The zero-order valence-corrected chi connectivity index (χ0v) is 15.5. The Morgan fingerprint density at radius 2 is 1.92 bits per heavy atom. The molecule has 1 heterocycles. The number of sulfonamides is 1. The van der Waals surface area contributed by atoms with Crippen LogP contribution in [0.25, 0.3) is 0 Å². The molecule has 0 saturated heterocycles. The third-order valence-corrected chi connectivity index (χ3v) is 5.03. The van der Waals surface area contributed by atoms with Gasteiger partial charge in [0.05, 0.1) is 18.6 Å². The molecule has 25 heavy (non-hydrogen) atoms. The van der Waals surface area contributed by atoms with Crippen molar-refractivity contribution < 1.29 is 22.4 Å². The molecule has 0 unspecified atom stereocenters. The van der Waals surface area contributed by atoms with Crippen LogP contribution in [0.5, 0.6) is 0 Å². The molecular weight excluding hydrogens is 344 g/mol. The first kappa shape index (κ1) is 19.2. The van der Waals surface area contributed by atoms with E-state index < -0.39 is 16.0 Å². The smallest absolute Gasteiger partial charge is 0.374 e. The topological polar surface area (TPSA) is 103 Å². The largest absolute Gasteiger partial charge is 0.463 e. The molecular formula is C17H22N2O5S. The third-order valence-electron chi connectivity index (χ3n) is 4.10. The molecule has 2 N–H and O–H groups in total. The zero-order valence-electron chi connectivity index (χ0n) is 14.6. The number of hydrogen-bond donors (Lipinski definition) is 1. The molecule has 0 fully saturated rings. The number of esters is 1. The normalized spacial score (nSPS) is 13.0. The molecule has 8 heteroatoms. The van der Waals surface area contributed by atoms with Crippen molar-refractivity contribution in [2.45, 2.75) is 31.3 Å². The van der Waals surface area contributed by atoms with Gasteiger partial charge >= 0.3 is 5.97 Å².